The molecule has 0 unspecified atom stereocenters. The summed E-state index contributed by atoms with van der Waals surface area (Å²) in [5.74, 6) is 0. The monoisotopic (exact) mass is 141 g/mol. The van der Waals surface area contributed by atoms with Crippen molar-refractivity contribution in [2.45, 2.75) is 58.0 Å². The molecule has 1 aliphatic rings. The van der Waals surface area contributed by atoms with Gasteiger partial charge in [-0.1, -0.05) is 0 Å². The molecule has 0 aromatic rings. The Morgan fingerprint density at radius 1 is 1.20 bits per heavy atom. The highest BCUT2D eigenvalue weighted by Crippen LogP contribution is 2.32. The molecular weight excluding hydrogens is 122 g/mol. The van der Waals surface area contributed by atoms with Crippen LogP contribution in [0.1, 0.15) is 47.0 Å². The Bertz CT molecular complexity index is 117. The van der Waals surface area contributed by atoms with E-state index in [9.17, 15) is 0 Å². The molecule has 0 amide bonds. The molecular formula is C9H19N. The minimum Gasteiger partial charge on any atom is -0.307 e. The average Bonchev–Trinajstić information content (AvgIpc) is 1.57. The van der Waals surface area contributed by atoms with Crippen LogP contribution in [0.15, 0.2) is 0 Å². The predicted octanol–water partition coefficient (Wildman–Crippen LogP) is 2.32. The molecule has 0 atom stereocenters. The summed E-state index contributed by atoms with van der Waals surface area (Å²) in [6, 6.07) is 0. The van der Waals surface area contributed by atoms with Crippen molar-refractivity contribution < 1.29 is 0 Å². The highest BCUT2D eigenvalue weighted by molar-refractivity contribution is 4.95. The highest BCUT2D eigenvalue weighted by Gasteiger charge is 2.34. The third-order valence-electron chi connectivity index (χ3n) is 2.13. The minimum absolute atomic E-state index is 0.287. The van der Waals surface area contributed by atoms with Crippen molar-refractivity contribution in [2.75, 3.05) is 0 Å². The molecule has 1 fully saturated rings. The summed E-state index contributed by atoms with van der Waals surface area (Å²) in [6.45, 7) is 9.02. The van der Waals surface area contributed by atoms with Gasteiger partial charge in [-0.25, -0.2) is 0 Å². The molecule has 1 saturated carbocycles. The molecule has 0 heterocycles. The predicted molar refractivity (Wildman–Crippen MR) is 45.1 cm³/mol. The van der Waals surface area contributed by atoms with E-state index in [1.807, 2.05) is 0 Å². The van der Waals surface area contributed by atoms with Gasteiger partial charge >= 0.3 is 0 Å². The van der Waals surface area contributed by atoms with Crippen molar-refractivity contribution in [1.29, 1.82) is 0 Å². The standard InChI is InChI=1S/C9H19N/c1-8(2,3)10-9(4)6-5-7-9/h10H,5-7H2,1-4H3. The Labute approximate surface area is 64.2 Å². The van der Waals surface area contributed by atoms with Crippen LogP contribution in [0, 0.1) is 0 Å². The maximum absolute atomic E-state index is 3.63. The Morgan fingerprint density at radius 3 is 1.80 bits per heavy atom. The summed E-state index contributed by atoms with van der Waals surface area (Å²) >= 11 is 0. The van der Waals surface area contributed by atoms with Crippen molar-refractivity contribution in [3.05, 3.63) is 0 Å². The maximum Gasteiger partial charge on any atom is 0.0158 e. The molecule has 1 heteroatoms. The highest BCUT2D eigenvalue weighted by atomic mass is 15.0. The van der Waals surface area contributed by atoms with Crippen LogP contribution in [0.5, 0.6) is 0 Å². The van der Waals surface area contributed by atoms with E-state index in [4.69, 9.17) is 0 Å². The number of hydrogen-bond acceptors (Lipinski definition) is 1. The number of hydrogen-bond donors (Lipinski definition) is 1. The van der Waals surface area contributed by atoms with Crippen LogP contribution in [0.25, 0.3) is 0 Å². The van der Waals surface area contributed by atoms with E-state index < -0.39 is 0 Å². The molecule has 0 aromatic heterocycles. The summed E-state index contributed by atoms with van der Waals surface area (Å²) in [4.78, 5) is 0. The lowest BCUT2D eigenvalue weighted by Gasteiger charge is -2.44. The van der Waals surface area contributed by atoms with Crippen LogP contribution >= 0.6 is 0 Å². The Hall–Kier alpha value is -0.0400. The first-order chi connectivity index (χ1) is 4.41. The molecule has 60 valence electrons. The van der Waals surface area contributed by atoms with Gasteiger partial charge in [-0.2, -0.15) is 0 Å². The molecule has 0 aliphatic heterocycles. The molecule has 0 radical (unpaired) electrons. The van der Waals surface area contributed by atoms with Crippen molar-refractivity contribution in [1.82, 2.24) is 5.32 Å². The molecule has 0 aromatic carbocycles. The summed E-state index contributed by atoms with van der Waals surface area (Å²) < 4.78 is 0. The molecule has 1 rings (SSSR count). The Morgan fingerprint density at radius 2 is 1.70 bits per heavy atom. The SMILES string of the molecule is CC(C)(C)NC1(C)CCC1. The summed E-state index contributed by atoms with van der Waals surface area (Å²) in [6.07, 6.45) is 4.11. The molecule has 1 N–H and O–H groups in total. The second-order valence-corrected chi connectivity index (χ2v) is 4.79. The quantitative estimate of drug-likeness (QED) is 0.591. The normalized spacial score (nSPS) is 24.0. The van der Waals surface area contributed by atoms with Gasteiger partial charge in [0.1, 0.15) is 0 Å². The second-order valence-electron chi connectivity index (χ2n) is 4.79. The van der Waals surface area contributed by atoms with Crippen molar-refractivity contribution >= 4 is 0 Å². The third-order valence-corrected chi connectivity index (χ3v) is 2.13. The van der Waals surface area contributed by atoms with Gasteiger partial charge in [-0.3, -0.25) is 0 Å². The van der Waals surface area contributed by atoms with Crippen LogP contribution in [0.3, 0.4) is 0 Å². The van der Waals surface area contributed by atoms with Crippen LogP contribution in [-0.4, -0.2) is 11.1 Å². The fourth-order valence-corrected chi connectivity index (χ4v) is 1.74. The minimum atomic E-state index is 0.287. The zero-order chi connectivity index (χ0) is 7.83. The van der Waals surface area contributed by atoms with Crippen LogP contribution < -0.4 is 5.32 Å². The first-order valence-corrected chi connectivity index (χ1v) is 4.21. The summed E-state index contributed by atoms with van der Waals surface area (Å²) in [5, 5.41) is 3.63. The number of rotatable bonds is 1. The molecule has 1 nitrogen and oxygen atoms in total. The second kappa shape index (κ2) is 2.23. The lowest BCUT2D eigenvalue weighted by Crippen LogP contribution is -2.55. The summed E-state index contributed by atoms with van der Waals surface area (Å²) in [5.41, 5.74) is 0.743. The van der Waals surface area contributed by atoms with Crippen molar-refractivity contribution in [2.24, 2.45) is 0 Å². The smallest absolute Gasteiger partial charge is 0.0158 e. The fourth-order valence-electron chi connectivity index (χ4n) is 1.74. The van der Waals surface area contributed by atoms with E-state index in [2.05, 4.69) is 33.0 Å². The van der Waals surface area contributed by atoms with Gasteiger partial charge in [0.2, 0.25) is 0 Å². The molecule has 10 heavy (non-hydrogen) atoms. The van der Waals surface area contributed by atoms with E-state index >= 15 is 0 Å². The van der Waals surface area contributed by atoms with Gasteiger partial charge in [-0.05, 0) is 47.0 Å². The topological polar surface area (TPSA) is 12.0 Å². The van der Waals surface area contributed by atoms with Gasteiger partial charge < -0.3 is 5.32 Å². The van der Waals surface area contributed by atoms with Crippen LogP contribution in [-0.2, 0) is 0 Å². The van der Waals surface area contributed by atoms with Gasteiger partial charge in [0.05, 0.1) is 0 Å². The van der Waals surface area contributed by atoms with E-state index in [0.29, 0.717) is 5.54 Å². The van der Waals surface area contributed by atoms with Crippen molar-refractivity contribution in [3.8, 4) is 0 Å². The summed E-state index contributed by atoms with van der Waals surface area (Å²) in [7, 11) is 0. The lowest BCUT2D eigenvalue weighted by atomic mass is 9.77. The number of nitrogens with one attached hydrogen (secondary N) is 1. The third kappa shape index (κ3) is 1.98. The lowest BCUT2D eigenvalue weighted by molar-refractivity contribution is 0.160. The molecule has 0 spiro atoms. The van der Waals surface area contributed by atoms with Gasteiger partial charge in [0, 0.05) is 11.1 Å². The molecule has 0 saturated heterocycles. The van der Waals surface area contributed by atoms with Gasteiger partial charge in [0.25, 0.3) is 0 Å². The van der Waals surface area contributed by atoms with E-state index in [0.717, 1.165) is 0 Å². The average molecular weight is 141 g/mol. The largest absolute Gasteiger partial charge is 0.307 e. The maximum atomic E-state index is 3.63. The fraction of sp³-hybridized carbons (Fsp3) is 1.00. The zero-order valence-corrected chi connectivity index (χ0v) is 7.62. The van der Waals surface area contributed by atoms with Crippen LogP contribution in [0.2, 0.25) is 0 Å². The Kier molecular flexibility index (Phi) is 1.80. The first-order valence-electron chi connectivity index (χ1n) is 4.21. The molecule has 1 aliphatic carbocycles. The zero-order valence-electron chi connectivity index (χ0n) is 7.62. The van der Waals surface area contributed by atoms with E-state index in [1.54, 1.807) is 0 Å². The van der Waals surface area contributed by atoms with Gasteiger partial charge in [0.15, 0.2) is 0 Å². The molecule has 0 bridgehead atoms. The van der Waals surface area contributed by atoms with E-state index in [-0.39, 0.29) is 5.54 Å². The Balaban J connectivity index is 2.37. The first kappa shape index (κ1) is 8.06. The van der Waals surface area contributed by atoms with Gasteiger partial charge in [-0.15, -0.1) is 0 Å². The van der Waals surface area contributed by atoms with Crippen LogP contribution in [0.4, 0.5) is 0 Å². The van der Waals surface area contributed by atoms with E-state index in [1.165, 1.54) is 19.3 Å². The van der Waals surface area contributed by atoms with Crippen molar-refractivity contribution in [3.63, 3.8) is 0 Å².